The summed E-state index contributed by atoms with van der Waals surface area (Å²) in [5, 5.41) is 19.5. The Bertz CT molecular complexity index is 464. The van der Waals surface area contributed by atoms with E-state index in [1.165, 1.54) is 12.3 Å². The van der Waals surface area contributed by atoms with E-state index >= 15 is 0 Å². The average molecular weight is 255 g/mol. The van der Waals surface area contributed by atoms with Gasteiger partial charge in [-0.25, -0.2) is 4.79 Å². The van der Waals surface area contributed by atoms with Crippen LogP contribution in [0.25, 0.3) is 0 Å². The number of nitrogens with one attached hydrogen (secondary N) is 1. The highest BCUT2D eigenvalue weighted by Gasteiger charge is 2.25. The minimum absolute atomic E-state index is 0.217. The number of hydrogen-bond donors (Lipinski definition) is 3. The predicted octanol–water partition coefficient (Wildman–Crippen LogP) is 0.500. The van der Waals surface area contributed by atoms with Gasteiger partial charge in [-0.2, -0.15) is 0 Å². The van der Waals surface area contributed by atoms with Crippen LogP contribution in [-0.2, 0) is 16.0 Å². The SMILES string of the molecule is CCc1occc1C(=O)N[C@@H](CC(=O)O)C(=O)O. The second-order valence-corrected chi connectivity index (χ2v) is 3.57. The van der Waals surface area contributed by atoms with Crippen molar-refractivity contribution < 1.29 is 29.0 Å². The molecule has 0 saturated heterocycles. The van der Waals surface area contributed by atoms with Crippen LogP contribution in [0.5, 0.6) is 0 Å². The Labute approximate surface area is 102 Å². The van der Waals surface area contributed by atoms with Crippen molar-refractivity contribution >= 4 is 17.8 Å². The summed E-state index contributed by atoms with van der Waals surface area (Å²) < 4.78 is 5.03. The van der Waals surface area contributed by atoms with Crippen LogP contribution in [0.1, 0.15) is 29.5 Å². The molecule has 0 bridgehead atoms. The molecule has 1 rings (SSSR count). The van der Waals surface area contributed by atoms with Crippen molar-refractivity contribution in [1.82, 2.24) is 5.32 Å². The molecule has 7 nitrogen and oxygen atoms in total. The van der Waals surface area contributed by atoms with Gasteiger partial charge in [0.1, 0.15) is 11.8 Å². The normalized spacial score (nSPS) is 11.8. The minimum Gasteiger partial charge on any atom is -0.481 e. The first kappa shape index (κ1) is 13.8. The van der Waals surface area contributed by atoms with Crippen LogP contribution < -0.4 is 5.32 Å². The fourth-order valence-electron chi connectivity index (χ4n) is 1.43. The Kier molecular flexibility index (Phi) is 4.47. The summed E-state index contributed by atoms with van der Waals surface area (Å²) in [5.41, 5.74) is 0.217. The van der Waals surface area contributed by atoms with E-state index in [1.54, 1.807) is 6.92 Å². The van der Waals surface area contributed by atoms with Crippen molar-refractivity contribution in [2.24, 2.45) is 0 Å². The van der Waals surface area contributed by atoms with Crippen LogP contribution in [0.15, 0.2) is 16.7 Å². The Morgan fingerprint density at radius 1 is 1.39 bits per heavy atom. The molecule has 1 amide bonds. The van der Waals surface area contributed by atoms with Gasteiger partial charge in [-0.1, -0.05) is 6.92 Å². The predicted molar refractivity (Wildman–Crippen MR) is 59.2 cm³/mol. The fraction of sp³-hybridized carbons (Fsp3) is 0.364. The summed E-state index contributed by atoms with van der Waals surface area (Å²) in [4.78, 5) is 33.0. The van der Waals surface area contributed by atoms with Crippen LogP contribution in [0, 0.1) is 0 Å². The van der Waals surface area contributed by atoms with E-state index in [9.17, 15) is 14.4 Å². The lowest BCUT2D eigenvalue weighted by molar-refractivity contribution is -0.145. The number of furan rings is 1. The van der Waals surface area contributed by atoms with Crippen LogP contribution in [0.4, 0.5) is 0 Å². The van der Waals surface area contributed by atoms with Crippen molar-refractivity contribution in [2.45, 2.75) is 25.8 Å². The highest BCUT2D eigenvalue weighted by atomic mass is 16.4. The highest BCUT2D eigenvalue weighted by molar-refractivity contribution is 5.98. The van der Waals surface area contributed by atoms with E-state index in [1.807, 2.05) is 0 Å². The molecule has 7 heteroatoms. The summed E-state index contributed by atoms with van der Waals surface area (Å²) in [6.45, 7) is 1.78. The molecule has 1 atom stereocenters. The topological polar surface area (TPSA) is 117 Å². The molecule has 18 heavy (non-hydrogen) atoms. The number of rotatable bonds is 6. The first-order chi connectivity index (χ1) is 8.45. The molecular formula is C11H13NO6. The molecule has 0 aromatic carbocycles. The highest BCUT2D eigenvalue weighted by Crippen LogP contribution is 2.11. The van der Waals surface area contributed by atoms with Gasteiger partial charge in [0, 0.05) is 6.42 Å². The third kappa shape index (κ3) is 3.34. The van der Waals surface area contributed by atoms with Crippen molar-refractivity contribution in [3.05, 3.63) is 23.7 Å². The lowest BCUT2D eigenvalue weighted by Gasteiger charge is -2.11. The number of aliphatic carboxylic acids is 2. The summed E-state index contributed by atoms with van der Waals surface area (Å²) in [5.74, 6) is -2.93. The molecule has 0 unspecified atom stereocenters. The Morgan fingerprint density at radius 3 is 2.56 bits per heavy atom. The van der Waals surface area contributed by atoms with Crippen molar-refractivity contribution in [2.75, 3.05) is 0 Å². The number of amides is 1. The molecule has 0 radical (unpaired) electrons. The maximum absolute atomic E-state index is 11.8. The van der Waals surface area contributed by atoms with Gasteiger partial charge in [0.15, 0.2) is 0 Å². The molecular weight excluding hydrogens is 242 g/mol. The van der Waals surface area contributed by atoms with Crippen molar-refractivity contribution in [3.8, 4) is 0 Å². The number of aryl methyl sites for hydroxylation is 1. The third-order valence-corrected chi connectivity index (χ3v) is 2.29. The molecule has 0 saturated carbocycles. The van der Waals surface area contributed by atoms with Gasteiger partial charge in [0.05, 0.1) is 18.2 Å². The molecule has 0 spiro atoms. The smallest absolute Gasteiger partial charge is 0.326 e. The number of carbonyl (C=O) groups is 3. The van der Waals surface area contributed by atoms with E-state index in [-0.39, 0.29) is 5.56 Å². The van der Waals surface area contributed by atoms with Crippen LogP contribution in [0.2, 0.25) is 0 Å². The van der Waals surface area contributed by atoms with Crippen LogP contribution >= 0.6 is 0 Å². The Hall–Kier alpha value is -2.31. The van der Waals surface area contributed by atoms with E-state index in [0.717, 1.165) is 0 Å². The van der Waals surface area contributed by atoms with Crippen LogP contribution in [0.3, 0.4) is 0 Å². The second-order valence-electron chi connectivity index (χ2n) is 3.57. The average Bonchev–Trinajstić information content (AvgIpc) is 2.75. The third-order valence-electron chi connectivity index (χ3n) is 2.29. The Balaban J connectivity index is 2.78. The molecule has 1 aromatic rings. The van der Waals surface area contributed by atoms with Gasteiger partial charge in [-0.05, 0) is 6.07 Å². The molecule has 0 fully saturated rings. The summed E-state index contributed by atoms with van der Waals surface area (Å²) in [7, 11) is 0. The number of hydrogen-bond acceptors (Lipinski definition) is 4. The van der Waals surface area contributed by atoms with Crippen molar-refractivity contribution in [1.29, 1.82) is 0 Å². The standard InChI is InChI=1S/C11H13NO6/c1-2-8-6(3-4-18-8)10(15)12-7(11(16)17)5-9(13)14/h3-4,7H,2,5H2,1H3,(H,12,15)(H,13,14)(H,16,17)/t7-/m0/s1. The van der Waals surface area contributed by atoms with Gasteiger partial charge in [-0.15, -0.1) is 0 Å². The molecule has 0 aliphatic heterocycles. The first-order valence-electron chi connectivity index (χ1n) is 5.27. The number of carboxylic acids is 2. The number of carboxylic acid groups (broad SMARTS) is 2. The molecule has 98 valence electrons. The van der Waals surface area contributed by atoms with E-state index in [2.05, 4.69) is 5.32 Å². The van der Waals surface area contributed by atoms with E-state index in [4.69, 9.17) is 14.6 Å². The number of carbonyl (C=O) groups excluding carboxylic acids is 1. The molecule has 1 aromatic heterocycles. The second kappa shape index (κ2) is 5.85. The largest absolute Gasteiger partial charge is 0.481 e. The summed E-state index contributed by atoms with van der Waals surface area (Å²) in [6, 6.07) is -0.0528. The zero-order valence-corrected chi connectivity index (χ0v) is 9.67. The molecule has 0 aliphatic rings. The lowest BCUT2D eigenvalue weighted by atomic mass is 10.1. The first-order valence-corrected chi connectivity index (χ1v) is 5.27. The van der Waals surface area contributed by atoms with E-state index in [0.29, 0.717) is 12.2 Å². The lowest BCUT2D eigenvalue weighted by Crippen LogP contribution is -2.42. The molecule has 1 heterocycles. The Morgan fingerprint density at radius 2 is 2.06 bits per heavy atom. The maximum atomic E-state index is 11.8. The zero-order valence-electron chi connectivity index (χ0n) is 9.67. The van der Waals surface area contributed by atoms with Gasteiger partial charge in [0.25, 0.3) is 5.91 Å². The van der Waals surface area contributed by atoms with Crippen LogP contribution in [-0.4, -0.2) is 34.1 Å². The van der Waals surface area contributed by atoms with E-state index < -0.39 is 30.3 Å². The van der Waals surface area contributed by atoms with Gasteiger partial charge in [0.2, 0.25) is 0 Å². The van der Waals surface area contributed by atoms with Gasteiger partial charge >= 0.3 is 11.9 Å². The fourth-order valence-corrected chi connectivity index (χ4v) is 1.43. The summed E-state index contributed by atoms with van der Waals surface area (Å²) in [6.07, 6.45) is 1.12. The molecule has 0 aliphatic carbocycles. The quantitative estimate of drug-likeness (QED) is 0.681. The van der Waals surface area contributed by atoms with Crippen molar-refractivity contribution in [3.63, 3.8) is 0 Å². The maximum Gasteiger partial charge on any atom is 0.326 e. The zero-order chi connectivity index (χ0) is 13.7. The van der Waals surface area contributed by atoms with Gasteiger partial charge in [-0.3, -0.25) is 9.59 Å². The minimum atomic E-state index is -1.46. The molecule has 3 N–H and O–H groups in total. The monoisotopic (exact) mass is 255 g/mol. The summed E-state index contributed by atoms with van der Waals surface area (Å²) >= 11 is 0. The van der Waals surface area contributed by atoms with Gasteiger partial charge < -0.3 is 19.9 Å².